The Morgan fingerprint density at radius 2 is 1.88 bits per heavy atom. The molecule has 2 aliphatic rings. The van der Waals surface area contributed by atoms with Crippen molar-refractivity contribution >= 4 is 29.3 Å². The van der Waals surface area contributed by atoms with Gasteiger partial charge < -0.3 is 9.80 Å². The molecule has 0 saturated heterocycles. The SMILES string of the molecule is O=C1CSc2ccccc2N1CC(=O)N(Cc1ccccc1F)C1CC1. The third kappa shape index (κ3) is 3.46. The first-order valence-electron chi connectivity index (χ1n) is 8.68. The fraction of sp³-hybridized carbons (Fsp3) is 0.300. The highest BCUT2D eigenvalue weighted by atomic mass is 32.2. The topological polar surface area (TPSA) is 40.6 Å². The average Bonchev–Trinajstić information content (AvgIpc) is 3.48. The van der Waals surface area contributed by atoms with Crippen molar-refractivity contribution < 1.29 is 14.0 Å². The lowest BCUT2D eigenvalue weighted by Gasteiger charge is -2.31. The van der Waals surface area contributed by atoms with E-state index < -0.39 is 0 Å². The number of hydrogen-bond donors (Lipinski definition) is 0. The standard InChI is InChI=1S/C20H19FN2O2S/c21-16-6-2-1-5-14(16)11-22(15-9-10-15)19(24)12-23-17-7-3-4-8-18(17)26-13-20(23)25/h1-8,15H,9-13H2. The van der Waals surface area contributed by atoms with E-state index in [1.807, 2.05) is 24.3 Å². The minimum Gasteiger partial charge on any atom is -0.334 e. The maximum atomic E-state index is 14.0. The van der Waals surface area contributed by atoms with Crippen LogP contribution in [-0.4, -0.2) is 35.1 Å². The second-order valence-corrected chi connectivity index (χ2v) is 7.60. The van der Waals surface area contributed by atoms with E-state index in [1.165, 1.54) is 17.8 Å². The van der Waals surface area contributed by atoms with E-state index in [0.717, 1.165) is 23.4 Å². The van der Waals surface area contributed by atoms with Crippen molar-refractivity contribution in [2.45, 2.75) is 30.3 Å². The molecule has 1 heterocycles. The van der Waals surface area contributed by atoms with Crippen molar-refractivity contribution in [1.82, 2.24) is 4.90 Å². The Balaban J connectivity index is 1.54. The first kappa shape index (κ1) is 17.1. The summed E-state index contributed by atoms with van der Waals surface area (Å²) >= 11 is 1.49. The predicted molar refractivity (Wildman–Crippen MR) is 99.5 cm³/mol. The summed E-state index contributed by atoms with van der Waals surface area (Å²) in [6.45, 7) is 0.246. The number of fused-ring (bicyclic) bond motifs is 1. The molecule has 6 heteroatoms. The van der Waals surface area contributed by atoms with Crippen LogP contribution in [0.5, 0.6) is 0 Å². The van der Waals surface area contributed by atoms with Gasteiger partial charge in [-0.1, -0.05) is 30.3 Å². The lowest BCUT2D eigenvalue weighted by molar-refractivity contribution is -0.132. The van der Waals surface area contributed by atoms with E-state index in [4.69, 9.17) is 0 Å². The lowest BCUT2D eigenvalue weighted by Crippen LogP contribution is -2.45. The van der Waals surface area contributed by atoms with Gasteiger partial charge >= 0.3 is 0 Å². The molecule has 1 aliphatic carbocycles. The molecule has 0 aromatic heterocycles. The van der Waals surface area contributed by atoms with E-state index in [1.54, 1.807) is 28.0 Å². The van der Waals surface area contributed by atoms with Gasteiger partial charge in [0.05, 0.1) is 11.4 Å². The third-order valence-electron chi connectivity index (χ3n) is 4.71. The maximum absolute atomic E-state index is 14.0. The van der Waals surface area contributed by atoms with E-state index in [9.17, 15) is 14.0 Å². The fourth-order valence-corrected chi connectivity index (χ4v) is 4.11. The van der Waals surface area contributed by atoms with Gasteiger partial charge in [0, 0.05) is 23.0 Å². The summed E-state index contributed by atoms with van der Waals surface area (Å²) in [5.41, 5.74) is 1.29. The van der Waals surface area contributed by atoms with Crippen LogP contribution in [0, 0.1) is 5.82 Å². The number of anilines is 1. The number of thioether (sulfide) groups is 1. The molecule has 1 aliphatic heterocycles. The number of nitrogens with zero attached hydrogens (tertiary/aromatic N) is 2. The molecule has 0 N–H and O–H groups in total. The summed E-state index contributed by atoms with van der Waals surface area (Å²) in [4.78, 5) is 29.6. The normalized spacial score (nSPS) is 16.3. The van der Waals surface area contributed by atoms with Crippen molar-refractivity contribution in [1.29, 1.82) is 0 Å². The summed E-state index contributed by atoms with van der Waals surface area (Å²) in [5.74, 6) is -0.169. The number of para-hydroxylation sites is 1. The van der Waals surface area contributed by atoms with Crippen LogP contribution in [0.4, 0.5) is 10.1 Å². The van der Waals surface area contributed by atoms with Crippen molar-refractivity contribution in [2.75, 3.05) is 17.2 Å². The number of halogens is 1. The average molecular weight is 370 g/mol. The molecule has 0 unspecified atom stereocenters. The number of carbonyl (C=O) groups excluding carboxylic acids is 2. The van der Waals surface area contributed by atoms with E-state index >= 15 is 0 Å². The number of amides is 2. The summed E-state index contributed by atoms with van der Waals surface area (Å²) in [6, 6.07) is 14.3. The maximum Gasteiger partial charge on any atom is 0.243 e. The second kappa shape index (κ2) is 7.11. The predicted octanol–water partition coefficient (Wildman–Crippen LogP) is 3.46. The molecule has 134 valence electrons. The van der Waals surface area contributed by atoms with Gasteiger partial charge in [-0.3, -0.25) is 9.59 Å². The van der Waals surface area contributed by atoms with Gasteiger partial charge in [0.15, 0.2) is 0 Å². The Morgan fingerprint density at radius 1 is 1.15 bits per heavy atom. The van der Waals surface area contributed by atoms with E-state index in [2.05, 4.69) is 0 Å². The summed E-state index contributed by atoms with van der Waals surface area (Å²) in [6.07, 6.45) is 1.86. The Morgan fingerprint density at radius 3 is 2.65 bits per heavy atom. The number of benzene rings is 2. The van der Waals surface area contributed by atoms with E-state index in [0.29, 0.717) is 11.3 Å². The molecular formula is C20H19FN2O2S. The zero-order chi connectivity index (χ0) is 18.1. The Bertz CT molecular complexity index is 853. The van der Waals surface area contributed by atoms with Gasteiger partial charge in [-0.25, -0.2) is 4.39 Å². The number of hydrogen-bond acceptors (Lipinski definition) is 3. The zero-order valence-electron chi connectivity index (χ0n) is 14.2. The quantitative estimate of drug-likeness (QED) is 0.809. The van der Waals surface area contributed by atoms with Crippen LogP contribution in [0.1, 0.15) is 18.4 Å². The first-order valence-corrected chi connectivity index (χ1v) is 9.67. The van der Waals surface area contributed by atoms with Crippen LogP contribution in [0.15, 0.2) is 53.4 Å². The molecule has 4 nitrogen and oxygen atoms in total. The monoisotopic (exact) mass is 370 g/mol. The Kier molecular flexibility index (Phi) is 4.68. The minimum absolute atomic E-state index is 0.00135. The van der Waals surface area contributed by atoms with Gasteiger partial charge in [-0.05, 0) is 31.0 Å². The molecule has 0 bridgehead atoms. The van der Waals surface area contributed by atoms with E-state index in [-0.39, 0.29) is 36.8 Å². The molecule has 0 atom stereocenters. The van der Waals surface area contributed by atoms with Gasteiger partial charge in [-0.15, -0.1) is 11.8 Å². The smallest absolute Gasteiger partial charge is 0.243 e. The van der Waals surface area contributed by atoms with Crippen LogP contribution in [0.25, 0.3) is 0 Å². The highest BCUT2D eigenvalue weighted by Gasteiger charge is 2.35. The molecule has 2 aromatic rings. The molecule has 2 aromatic carbocycles. The minimum atomic E-state index is -0.304. The lowest BCUT2D eigenvalue weighted by atomic mass is 10.2. The van der Waals surface area contributed by atoms with Crippen LogP contribution < -0.4 is 4.90 Å². The Labute approximate surface area is 156 Å². The molecule has 0 spiro atoms. The zero-order valence-corrected chi connectivity index (χ0v) is 15.0. The molecule has 1 saturated carbocycles. The van der Waals surface area contributed by atoms with Crippen LogP contribution in [0.3, 0.4) is 0 Å². The highest BCUT2D eigenvalue weighted by molar-refractivity contribution is 8.00. The van der Waals surface area contributed by atoms with Gasteiger partial charge in [-0.2, -0.15) is 0 Å². The molecular weight excluding hydrogens is 351 g/mol. The van der Waals surface area contributed by atoms with Gasteiger partial charge in [0.2, 0.25) is 11.8 Å². The largest absolute Gasteiger partial charge is 0.334 e. The number of rotatable bonds is 5. The summed E-state index contributed by atoms with van der Waals surface area (Å²) in [7, 11) is 0. The molecule has 4 rings (SSSR count). The molecule has 0 radical (unpaired) electrons. The number of carbonyl (C=O) groups is 2. The Hall–Kier alpha value is -2.34. The fourth-order valence-electron chi connectivity index (χ4n) is 3.17. The highest BCUT2D eigenvalue weighted by Crippen LogP contribution is 2.35. The van der Waals surface area contributed by atoms with Crippen LogP contribution >= 0.6 is 11.8 Å². The van der Waals surface area contributed by atoms with Crippen molar-refractivity contribution in [2.24, 2.45) is 0 Å². The van der Waals surface area contributed by atoms with Crippen molar-refractivity contribution in [3.8, 4) is 0 Å². The molecule has 1 fully saturated rings. The van der Waals surface area contributed by atoms with Gasteiger partial charge in [0.1, 0.15) is 12.4 Å². The second-order valence-electron chi connectivity index (χ2n) is 6.58. The molecule has 2 amide bonds. The van der Waals surface area contributed by atoms with Crippen molar-refractivity contribution in [3.63, 3.8) is 0 Å². The van der Waals surface area contributed by atoms with Crippen molar-refractivity contribution in [3.05, 3.63) is 59.9 Å². The summed E-state index contributed by atoms with van der Waals surface area (Å²) < 4.78 is 14.0. The first-order chi connectivity index (χ1) is 12.6. The van der Waals surface area contributed by atoms with Gasteiger partial charge in [0.25, 0.3) is 0 Å². The molecule has 26 heavy (non-hydrogen) atoms. The summed E-state index contributed by atoms with van der Waals surface area (Å²) in [5, 5.41) is 0. The third-order valence-corrected chi connectivity index (χ3v) is 5.76. The van der Waals surface area contributed by atoms with Crippen LogP contribution in [0.2, 0.25) is 0 Å². The van der Waals surface area contributed by atoms with Crippen LogP contribution in [-0.2, 0) is 16.1 Å².